The van der Waals surface area contributed by atoms with Crippen molar-refractivity contribution in [2.24, 2.45) is 4.99 Å². The van der Waals surface area contributed by atoms with E-state index in [0.29, 0.717) is 0 Å². The largest absolute Gasteiger partial charge is 0.327 e. The van der Waals surface area contributed by atoms with E-state index in [4.69, 9.17) is 0 Å². The minimum atomic E-state index is 1.01. The molecule has 9 heavy (non-hydrogen) atoms. The molecule has 0 fully saturated rings. The van der Waals surface area contributed by atoms with Gasteiger partial charge >= 0.3 is 0 Å². The molecular weight excluding hydrogens is 132 g/mol. The molecule has 0 atom stereocenters. The van der Waals surface area contributed by atoms with Gasteiger partial charge in [0.2, 0.25) is 0 Å². The van der Waals surface area contributed by atoms with Crippen LogP contribution in [0.15, 0.2) is 16.6 Å². The number of rotatable bonds is 0. The minimum Gasteiger partial charge on any atom is -0.327 e. The molecule has 0 spiro atoms. The van der Waals surface area contributed by atoms with Crippen LogP contribution in [0.2, 0.25) is 0 Å². The summed E-state index contributed by atoms with van der Waals surface area (Å²) in [4.78, 5) is 6.54. The molecule has 48 valence electrons. The third kappa shape index (κ3) is 0.852. The summed E-state index contributed by atoms with van der Waals surface area (Å²) in [5, 5.41) is 3.27. The third-order valence-corrected chi connectivity index (χ3v) is 2.30. The molecule has 2 rings (SSSR count). The molecule has 0 aromatic carbocycles. The summed E-state index contributed by atoms with van der Waals surface area (Å²) >= 11 is 1.72. The first kappa shape index (κ1) is 5.35. The van der Waals surface area contributed by atoms with Crippen LogP contribution >= 0.6 is 11.8 Å². The van der Waals surface area contributed by atoms with Crippen LogP contribution in [-0.2, 0) is 0 Å². The summed E-state index contributed by atoms with van der Waals surface area (Å²) < 4.78 is 0. The van der Waals surface area contributed by atoms with Crippen molar-refractivity contribution in [1.82, 2.24) is 4.90 Å². The van der Waals surface area contributed by atoms with Crippen LogP contribution in [0.1, 0.15) is 6.42 Å². The second kappa shape index (κ2) is 2.06. The van der Waals surface area contributed by atoms with E-state index in [1.807, 2.05) is 0 Å². The Kier molecular flexibility index (Phi) is 1.23. The Morgan fingerprint density at radius 2 is 2.67 bits per heavy atom. The van der Waals surface area contributed by atoms with Crippen LogP contribution in [0.5, 0.6) is 0 Å². The number of nitrogens with zero attached hydrogens (tertiary/aromatic N) is 2. The van der Waals surface area contributed by atoms with Crippen molar-refractivity contribution in [1.29, 1.82) is 0 Å². The zero-order chi connectivity index (χ0) is 6.10. The van der Waals surface area contributed by atoms with E-state index in [2.05, 4.69) is 21.5 Å². The molecule has 2 nitrogen and oxygen atoms in total. The van der Waals surface area contributed by atoms with E-state index in [9.17, 15) is 0 Å². The molecule has 0 aromatic rings. The zero-order valence-electron chi connectivity index (χ0n) is 5.08. The van der Waals surface area contributed by atoms with Crippen molar-refractivity contribution in [2.45, 2.75) is 6.42 Å². The third-order valence-electron chi connectivity index (χ3n) is 1.46. The van der Waals surface area contributed by atoms with Crippen LogP contribution in [0.3, 0.4) is 0 Å². The highest BCUT2D eigenvalue weighted by atomic mass is 32.2. The van der Waals surface area contributed by atoms with E-state index >= 15 is 0 Å². The number of thioether (sulfide) groups is 1. The Morgan fingerprint density at radius 3 is 3.56 bits per heavy atom. The van der Waals surface area contributed by atoms with Crippen molar-refractivity contribution in [3.8, 4) is 0 Å². The van der Waals surface area contributed by atoms with Gasteiger partial charge in [0.15, 0.2) is 5.17 Å². The van der Waals surface area contributed by atoms with Gasteiger partial charge in [0.25, 0.3) is 0 Å². The molecule has 2 heterocycles. The van der Waals surface area contributed by atoms with Crippen LogP contribution in [0.4, 0.5) is 0 Å². The summed E-state index contributed by atoms with van der Waals surface area (Å²) in [6, 6.07) is 0. The maximum absolute atomic E-state index is 4.33. The monoisotopic (exact) mass is 140 g/mol. The summed E-state index contributed by atoms with van der Waals surface area (Å²) in [6.45, 7) is 2.17. The average molecular weight is 140 g/mol. The number of amidine groups is 1. The fourth-order valence-corrected chi connectivity index (χ4v) is 1.79. The van der Waals surface area contributed by atoms with Gasteiger partial charge in [-0.2, -0.15) is 0 Å². The predicted octanol–water partition coefficient (Wildman–Crippen LogP) is 1.27. The van der Waals surface area contributed by atoms with Crippen molar-refractivity contribution in [2.75, 3.05) is 13.1 Å². The first-order valence-corrected chi connectivity index (χ1v) is 3.99. The van der Waals surface area contributed by atoms with Gasteiger partial charge in [-0.1, -0.05) is 11.8 Å². The quantitative estimate of drug-likeness (QED) is 0.503. The van der Waals surface area contributed by atoms with Crippen molar-refractivity contribution < 1.29 is 0 Å². The molecule has 0 aromatic heterocycles. The van der Waals surface area contributed by atoms with Gasteiger partial charge in [-0.25, -0.2) is 0 Å². The van der Waals surface area contributed by atoms with Gasteiger partial charge in [-0.05, 0) is 11.8 Å². The maximum Gasteiger partial charge on any atom is 0.167 e. The van der Waals surface area contributed by atoms with E-state index in [0.717, 1.165) is 13.1 Å². The molecule has 0 radical (unpaired) electrons. The van der Waals surface area contributed by atoms with Crippen molar-refractivity contribution in [3.05, 3.63) is 11.6 Å². The predicted molar refractivity (Wildman–Crippen MR) is 40.4 cm³/mol. The first-order chi connectivity index (χ1) is 4.47. The minimum absolute atomic E-state index is 1.01. The number of fused-ring (bicyclic) bond motifs is 1. The Hall–Kier alpha value is -0.440. The topological polar surface area (TPSA) is 15.6 Å². The van der Waals surface area contributed by atoms with E-state index in [1.54, 1.807) is 11.8 Å². The van der Waals surface area contributed by atoms with Gasteiger partial charge in [0.05, 0.1) is 0 Å². The molecule has 0 amide bonds. The van der Waals surface area contributed by atoms with Crippen LogP contribution in [0, 0.1) is 0 Å². The Balaban J connectivity index is 2.22. The van der Waals surface area contributed by atoms with E-state index in [1.165, 1.54) is 11.6 Å². The maximum atomic E-state index is 4.33. The SMILES string of the molecule is C1=CN2CCCN=C2S1. The lowest BCUT2D eigenvalue weighted by molar-refractivity contribution is 0.523. The van der Waals surface area contributed by atoms with Crippen molar-refractivity contribution >= 4 is 16.9 Å². The number of hydrogen-bond donors (Lipinski definition) is 0. The molecule has 0 unspecified atom stereocenters. The molecule has 2 aliphatic heterocycles. The van der Waals surface area contributed by atoms with Crippen LogP contribution in [-0.4, -0.2) is 23.2 Å². The van der Waals surface area contributed by atoms with E-state index in [-0.39, 0.29) is 0 Å². The van der Waals surface area contributed by atoms with Gasteiger partial charge in [0, 0.05) is 19.3 Å². The summed E-state index contributed by atoms with van der Waals surface area (Å²) in [5.74, 6) is 0. The lowest BCUT2D eigenvalue weighted by Crippen LogP contribution is -2.25. The summed E-state index contributed by atoms with van der Waals surface area (Å²) in [7, 11) is 0. The van der Waals surface area contributed by atoms with Gasteiger partial charge in [-0.3, -0.25) is 4.99 Å². The second-order valence-electron chi connectivity index (χ2n) is 2.11. The normalized spacial score (nSPS) is 24.0. The standard InChI is InChI=1S/C6H8N2S/c1-2-7-6-8(3-1)4-5-9-6/h4-5H,1-3H2. The molecule has 3 heteroatoms. The molecule has 0 saturated heterocycles. The Labute approximate surface area is 58.6 Å². The van der Waals surface area contributed by atoms with Gasteiger partial charge in [-0.15, -0.1) is 0 Å². The Bertz CT molecular complexity index is 174. The number of aliphatic imine (C=N–C) groups is 1. The highest BCUT2D eigenvalue weighted by Gasteiger charge is 2.15. The zero-order valence-corrected chi connectivity index (χ0v) is 5.90. The van der Waals surface area contributed by atoms with Gasteiger partial charge < -0.3 is 4.90 Å². The average Bonchev–Trinajstić information content (AvgIpc) is 2.33. The summed E-state index contributed by atoms with van der Waals surface area (Å²) in [5.41, 5.74) is 0. The Morgan fingerprint density at radius 1 is 1.67 bits per heavy atom. The van der Waals surface area contributed by atoms with E-state index < -0.39 is 0 Å². The first-order valence-electron chi connectivity index (χ1n) is 3.11. The lowest BCUT2D eigenvalue weighted by atomic mass is 10.4. The fraction of sp³-hybridized carbons (Fsp3) is 0.500. The number of hydrogen-bond acceptors (Lipinski definition) is 3. The van der Waals surface area contributed by atoms with Gasteiger partial charge in [0.1, 0.15) is 0 Å². The second-order valence-corrected chi connectivity index (χ2v) is 2.99. The molecule has 0 saturated carbocycles. The highest BCUT2D eigenvalue weighted by molar-refractivity contribution is 8.16. The molecule has 0 N–H and O–H groups in total. The highest BCUT2D eigenvalue weighted by Crippen LogP contribution is 2.21. The molecule has 0 bridgehead atoms. The summed E-state index contributed by atoms with van der Waals surface area (Å²) in [6.07, 6.45) is 3.30. The molecule has 2 aliphatic rings. The smallest absolute Gasteiger partial charge is 0.167 e. The van der Waals surface area contributed by atoms with Crippen LogP contribution in [0.25, 0.3) is 0 Å². The fourth-order valence-electron chi connectivity index (χ4n) is 1.01. The molecule has 0 aliphatic carbocycles. The van der Waals surface area contributed by atoms with Crippen LogP contribution < -0.4 is 0 Å². The van der Waals surface area contributed by atoms with Crippen molar-refractivity contribution in [3.63, 3.8) is 0 Å². The lowest BCUT2D eigenvalue weighted by Gasteiger charge is -2.19. The molecular formula is C6H8N2S.